The number of unbranched alkanes of at least 4 members (excludes halogenated alkanes) is 1. The Kier molecular flexibility index (Phi) is 8.82. The summed E-state index contributed by atoms with van der Waals surface area (Å²) in [4.78, 5) is 0. The molecular weight excluding hydrogens is 236 g/mol. The quantitative estimate of drug-likeness (QED) is 0.612. The van der Waals surface area contributed by atoms with Crippen LogP contribution in [0.15, 0.2) is 0 Å². The van der Waals surface area contributed by atoms with Crippen LogP contribution in [-0.4, -0.2) is 44.2 Å². The molecule has 0 fully saturated rings. The van der Waals surface area contributed by atoms with Gasteiger partial charge in [-0.2, -0.15) is 4.31 Å². The van der Waals surface area contributed by atoms with E-state index in [1.807, 2.05) is 20.8 Å². The minimum Gasteiger partial charge on any atom is -0.317 e. The number of nitrogens with zero attached hydrogens (tertiary/aromatic N) is 1. The number of nitrogens with one attached hydrogen (secondary N) is 1. The van der Waals surface area contributed by atoms with Gasteiger partial charge in [0.2, 0.25) is 10.0 Å². The Balaban J connectivity index is 4.16. The third kappa shape index (κ3) is 6.38. The molecule has 0 spiro atoms. The molecule has 0 aliphatic rings. The van der Waals surface area contributed by atoms with Crippen LogP contribution in [0.3, 0.4) is 0 Å². The highest BCUT2D eigenvalue weighted by Crippen LogP contribution is 2.11. The molecule has 0 aliphatic heterocycles. The fourth-order valence-corrected chi connectivity index (χ4v) is 3.71. The van der Waals surface area contributed by atoms with E-state index in [2.05, 4.69) is 12.2 Å². The molecular formula is C12H28N2O2S. The minimum absolute atomic E-state index is 0.110. The van der Waals surface area contributed by atoms with Gasteiger partial charge in [-0.1, -0.05) is 20.8 Å². The Hall–Kier alpha value is -0.130. The molecule has 4 nitrogen and oxygen atoms in total. The molecule has 0 heterocycles. The largest absolute Gasteiger partial charge is 0.317 e. The number of hydrogen-bond acceptors (Lipinski definition) is 3. The highest BCUT2D eigenvalue weighted by molar-refractivity contribution is 7.89. The van der Waals surface area contributed by atoms with Crippen molar-refractivity contribution >= 4 is 10.0 Å². The number of rotatable bonds is 10. The normalized spacial score (nSPS) is 14.2. The van der Waals surface area contributed by atoms with Crippen LogP contribution in [0.2, 0.25) is 0 Å². The van der Waals surface area contributed by atoms with Crippen LogP contribution in [0.25, 0.3) is 0 Å². The lowest BCUT2D eigenvalue weighted by molar-refractivity contribution is 0.342. The van der Waals surface area contributed by atoms with Gasteiger partial charge in [0.15, 0.2) is 0 Å². The highest BCUT2D eigenvalue weighted by atomic mass is 32.2. The standard InChI is InChI=1S/C12H28N2O2S/c1-5-12(4)14(7-3)17(15,16)11-9-8-10-13-6-2/h12-13H,5-11H2,1-4H3. The van der Waals surface area contributed by atoms with Crippen molar-refractivity contribution in [3.05, 3.63) is 0 Å². The number of sulfonamides is 1. The summed E-state index contributed by atoms with van der Waals surface area (Å²) in [5, 5.41) is 3.20. The second kappa shape index (κ2) is 8.89. The molecule has 104 valence electrons. The fourth-order valence-electron chi connectivity index (χ4n) is 1.81. The topological polar surface area (TPSA) is 49.4 Å². The van der Waals surface area contributed by atoms with Crippen LogP contribution >= 0.6 is 0 Å². The van der Waals surface area contributed by atoms with Gasteiger partial charge in [0.25, 0.3) is 0 Å². The van der Waals surface area contributed by atoms with E-state index in [9.17, 15) is 8.42 Å². The van der Waals surface area contributed by atoms with E-state index in [0.29, 0.717) is 6.54 Å². The summed E-state index contributed by atoms with van der Waals surface area (Å²) >= 11 is 0. The van der Waals surface area contributed by atoms with E-state index in [4.69, 9.17) is 0 Å². The average molecular weight is 264 g/mol. The van der Waals surface area contributed by atoms with Crippen LogP contribution in [0.4, 0.5) is 0 Å². The van der Waals surface area contributed by atoms with Gasteiger partial charge in [0.1, 0.15) is 0 Å². The molecule has 0 rings (SSSR count). The van der Waals surface area contributed by atoms with Crippen molar-refractivity contribution in [1.29, 1.82) is 0 Å². The second-order valence-corrected chi connectivity index (χ2v) is 6.38. The Morgan fingerprint density at radius 3 is 2.29 bits per heavy atom. The van der Waals surface area contributed by atoms with Gasteiger partial charge in [-0.25, -0.2) is 8.42 Å². The summed E-state index contributed by atoms with van der Waals surface area (Å²) in [5.41, 5.74) is 0. The second-order valence-electron chi connectivity index (χ2n) is 4.34. The molecule has 17 heavy (non-hydrogen) atoms. The molecule has 5 heteroatoms. The minimum atomic E-state index is -3.07. The van der Waals surface area contributed by atoms with Crippen LogP contribution in [-0.2, 0) is 10.0 Å². The molecule has 0 aliphatic carbocycles. The van der Waals surface area contributed by atoms with Gasteiger partial charge in [0, 0.05) is 12.6 Å². The van der Waals surface area contributed by atoms with Crippen molar-refractivity contribution in [2.45, 2.75) is 53.0 Å². The first-order valence-electron chi connectivity index (χ1n) is 6.69. The molecule has 0 saturated carbocycles. The Morgan fingerprint density at radius 2 is 1.82 bits per heavy atom. The van der Waals surface area contributed by atoms with Gasteiger partial charge in [-0.3, -0.25) is 0 Å². The van der Waals surface area contributed by atoms with Crippen molar-refractivity contribution < 1.29 is 8.42 Å². The Labute approximate surface area is 107 Å². The Bertz CT molecular complexity index is 278. The zero-order valence-corrected chi connectivity index (χ0v) is 12.5. The Morgan fingerprint density at radius 1 is 1.18 bits per heavy atom. The van der Waals surface area contributed by atoms with Crippen LogP contribution < -0.4 is 5.32 Å². The maximum atomic E-state index is 12.1. The first-order valence-corrected chi connectivity index (χ1v) is 8.30. The van der Waals surface area contributed by atoms with E-state index in [1.165, 1.54) is 0 Å². The van der Waals surface area contributed by atoms with E-state index < -0.39 is 10.0 Å². The van der Waals surface area contributed by atoms with Crippen molar-refractivity contribution in [3.8, 4) is 0 Å². The third-order valence-electron chi connectivity index (χ3n) is 3.01. The van der Waals surface area contributed by atoms with Gasteiger partial charge in [-0.05, 0) is 39.3 Å². The summed E-state index contributed by atoms with van der Waals surface area (Å²) in [6.07, 6.45) is 2.53. The monoisotopic (exact) mass is 264 g/mol. The lowest BCUT2D eigenvalue weighted by Crippen LogP contribution is -2.39. The summed E-state index contributed by atoms with van der Waals surface area (Å²) in [6, 6.07) is 0.110. The maximum absolute atomic E-state index is 12.1. The average Bonchev–Trinajstić information content (AvgIpc) is 2.29. The summed E-state index contributed by atoms with van der Waals surface area (Å²) < 4.78 is 25.8. The SMILES string of the molecule is CCNCCCCS(=O)(=O)N(CC)C(C)CC. The predicted octanol–water partition coefficient (Wildman–Crippen LogP) is 1.83. The van der Waals surface area contributed by atoms with E-state index in [0.717, 1.165) is 32.4 Å². The van der Waals surface area contributed by atoms with Crippen LogP contribution in [0, 0.1) is 0 Å². The predicted molar refractivity (Wildman–Crippen MR) is 73.7 cm³/mol. The van der Waals surface area contributed by atoms with Crippen molar-refractivity contribution in [2.24, 2.45) is 0 Å². The molecule has 0 bridgehead atoms. The summed E-state index contributed by atoms with van der Waals surface area (Å²) in [7, 11) is -3.07. The van der Waals surface area contributed by atoms with Crippen LogP contribution in [0.5, 0.6) is 0 Å². The lowest BCUT2D eigenvalue weighted by Gasteiger charge is -2.26. The lowest BCUT2D eigenvalue weighted by atomic mass is 10.3. The summed E-state index contributed by atoms with van der Waals surface area (Å²) in [5.74, 6) is 0.274. The molecule has 1 unspecified atom stereocenters. The molecule has 1 atom stereocenters. The van der Waals surface area contributed by atoms with E-state index in [-0.39, 0.29) is 11.8 Å². The number of hydrogen-bond donors (Lipinski definition) is 1. The molecule has 0 amide bonds. The molecule has 0 aromatic heterocycles. The molecule has 0 radical (unpaired) electrons. The molecule has 0 saturated heterocycles. The smallest absolute Gasteiger partial charge is 0.214 e. The third-order valence-corrected chi connectivity index (χ3v) is 5.14. The van der Waals surface area contributed by atoms with Crippen molar-refractivity contribution in [3.63, 3.8) is 0 Å². The molecule has 0 aromatic carbocycles. The zero-order chi connectivity index (χ0) is 13.3. The van der Waals surface area contributed by atoms with Gasteiger partial charge in [0.05, 0.1) is 5.75 Å². The maximum Gasteiger partial charge on any atom is 0.214 e. The first kappa shape index (κ1) is 16.9. The van der Waals surface area contributed by atoms with Crippen molar-refractivity contribution in [2.75, 3.05) is 25.4 Å². The van der Waals surface area contributed by atoms with Crippen LogP contribution in [0.1, 0.15) is 47.0 Å². The van der Waals surface area contributed by atoms with Gasteiger partial charge in [-0.15, -0.1) is 0 Å². The fraction of sp³-hybridized carbons (Fsp3) is 1.00. The van der Waals surface area contributed by atoms with Crippen molar-refractivity contribution in [1.82, 2.24) is 9.62 Å². The highest BCUT2D eigenvalue weighted by Gasteiger charge is 2.23. The first-order chi connectivity index (χ1) is 7.99. The van der Waals surface area contributed by atoms with Gasteiger partial charge < -0.3 is 5.32 Å². The molecule has 1 N–H and O–H groups in total. The summed E-state index contributed by atoms with van der Waals surface area (Å²) in [6.45, 7) is 10.4. The molecule has 0 aromatic rings. The van der Waals surface area contributed by atoms with E-state index >= 15 is 0 Å². The van der Waals surface area contributed by atoms with E-state index in [1.54, 1.807) is 4.31 Å². The van der Waals surface area contributed by atoms with Gasteiger partial charge >= 0.3 is 0 Å². The zero-order valence-electron chi connectivity index (χ0n) is 11.7.